The highest BCUT2D eigenvalue weighted by Crippen LogP contribution is 1.96. The average Bonchev–Trinajstić information content (AvgIpc) is 2.16. The minimum atomic E-state index is -1.21. The van der Waals surface area contributed by atoms with E-state index in [4.69, 9.17) is 9.84 Å². The first-order chi connectivity index (χ1) is 7.49. The molecule has 0 saturated carbocycles. The molecule has 0 aliphatic carbocycles. The number of aromatic nitrogens is 2. The predicted molar refractivity (Wildman–Crippen MR) is 56.6 cm³/mol. The van der Waals surface area contributed by atoms with Crippen LogP contribution in [0.4, 0.5) is 0 Å². The second-order valence-electron chi connectivity index (χ2n) is 3.55. The van der Waals surface area contributed by atoms with E-state index >= 15 is 0 Å². The topological polar surface area (TPSA) is 92.3 Å². The molecular formula is C10H14N2O4. The van der Waals surface area contributed by atoms with Gasteiger partial charge in [-0.25, -0.2) is 9.78 Å². The van der Waals surface area contributed by atoms with Crippen molar-refractivity contribution in [1.82, 2.24) is 9.97 Å². The zero-order valence-corrected chi connectivity index (χ0v) is 9.19. The molecule has 0 unspecified atom stereocenters. The monoisotopic (exact) mass is 226 g/mol. The van der Waals surface area contributed by atoms with E-state index in [0.717, 1.165) is 6.07 Å². The Kier molecular flexibility index (Phi) is 4.19. The number of aromatic amines is 1. The number of ether oxygens (including phenoxy) is 1. The van der Waals surface area contributed by atoms with Crippen LogP contribution in [0.1, 0.15) is 30.2 Å². The van der Waals surface area contributed by atoms with Gasteiger partial charge in [0.15, 0.2) is 5.69 Å². The number of hydrogen-bond donors (Lipinski definition) is 2. The van der Waals surface area contributed by atoms with Crippen LogP contribution in [-0.4, -0.2) is 33.8 Å². The van der Waals surface area contributed by atoms with E-state index in [1.54, 1.807) is 0 Å². The first-order valence-corrected chi connectivity index (χ1v) is 4.94. The average molecular weight is 226 g/mol. The van der Waals surface area contributed by atoms with Crippen molar-refractivity contribution in [3.8, 4) is 0 Å². The van der Waals surface area contributed by atoms with Crippen molar-refractivity contribution >= 4 is 5.97 Å². The van der Waals surface area contributed by atoms with Crippen LogP contribution < -0.4 is 5.56 Å². The number of nitrogens with zero attached hydrogens (tertiary/aromatic N) is 1. The number of hydrogen-bond acceptors (Lipinski definition) is 4. The Labute approximate surface area is 92.3 Å². The fraction of sp³-hybridized carbons (Fsp3) is 0.500. The molecular weight excluding hydrogens is 212 g/mol. The maximum atomic E-state index is 11.1. The summed E-state index contributed by atoms with van der Waals surface area (Å²) in [4.78, 5) is 28.0. The van der Waals surface area contributed by atoms with Gasteiger partial charge in [-0.05, 0) is 13.8 Å². The normalized spacial score (nSPS) is 10.7. The summed E-state index contributed by atoms with van der Waals surface area (Å²) in [5.41, 5.74) is -0.713. The minimum Gasteiger partial charge on any atom is -0.477 e. The molecule has 88 valence electrons. The van der Waals surface area contributed by atoms with Crippen LogP contribution in [0.5, 0.6) is 0 Å². The molecule has 0 aliphatic rings. The molecule has 1 rings (SSSR count). The Balaban J connectivity index is 2.73. The quantitative estimate of drug-likeness (QED) is 0.759. The molecule has 6 heteroatoms. The van der Waals surface area contributed by atoms with Crippen LogP contribution >= 0.6 is 0 Å². The summed E-state index contributed by atoms with van der Waals surface area (Å²) in [7, 11) is 0. The smallest absolute Gasteiger partial charge is 0.354 e. The number of carboxylic acid groups (broad SMARTS) is 1. The molecule has 6 nitrogen and oxygen atoms in total. The van der Waals surface area contributed by atoms with Crippen LogP contribution in [-0.2, 0) is 11.2 Å². The lowest BCUT2D eigenvalue weighted by atomic mass is 10.3. The van der Waals surface area contributed by atoms with E-state index in [2.05, 4.69) is 9.97 Å². The standard InChI is InChI=1S/C10H14N2O4/c1-6(2)16-4-3-8-11-7(10(14)15)5-9(13)12-8/h5-6H,3-4H2,1-2H3,(H,14,15)(H,11,12,13). The summed E-state index contributed by atoms with van der Waals surface area (Å²) in [6, 6.07) is 0.954. The molecule has 0 fully saturated rings. The van der Waals surface area contributed by atoms with Gasteiger partial charge in [0.1, 0.15) is 5.82 Å². The van der Waals surface area contributed by atoms with E-state index in [1.165, 1.54) is 0 Å². The summed E-state index contributed by atoms with van der Waals surface area (Å²) < 4.78 is 5.28. The van der Waals surface area contributed by atoms with Crippen molar-refractivity contribution in [1.29, 1.82) is 0 Å². The summed E-state index contributed by atoms with van der Waals surface area (Å²) in [5, 5.41) is 8.70. The molecule has 0 aromatic carbocycles. The van der Waals surface area contributed by atoms with Gasteiger partial charge < -0.3 is 14.8 Å². The Morgan fingerprint density at radius 2 is 2.31 bits per heavy atom. The SMILES string of the molecule is CC(C)OCCc1nc(C(=O)O)cc(=O)[nH]1. The van der Waals surface area contributed by atoms with Crippen molar-refractivity contribution in [3.63, 3.8) is 0 Å². The number of aromatic carboxylic acids is 1. The number of nitrogens with one attached hydrogen (secondary N) is 1. The Bertz CT molecular complexity index is 425. The third-order valence-electron chi connectivity index (χ3n) is 1.80. The van der Waals surface area contributed by atoms with Crippen LogP contribution in [0.3, 0.4) is 0 Å². The molecule has 1 heterocycles. The van der Waals surface area contributed by atoms with Crippen molar-refractivity contribution in [2.24, 2.45) is 0 Å². The summed E-state index contributed by atoms with van der Waals surface area (Å²) in [5.74, 6) is -0.886. The van der Waals surface area contributed by atoms with Crippen LogP contribution in [0, 0.1) is 0 Å². The largest absolute Gasteiger partial charge is 0.477 e. The minimum absolute atomic E-state index is 0.0920. The molecule has 0 amide bonds. The molecule has 0 atom stereocenters. The van der Waals surface area contributed by atoms with E-state index in [0.29, 0.717) is 18.9 Å². The lowest BCUT2D eigenvalue weighted by molar-refractivity contribution is 0.0686. The van der Waals surface area contributed by atoms with Gasteiger partial charge in [0, 0.05) is 12.5 Å². The van der Waals surface area contributed by atoms with Gasteiger partial charge in [0.2, 0.25) is 0 Å². The molecule has 1 aromatic heterocycles. The Morgan fingerprint density at radius 1 is 1.62 bits per heavy atom. The Morgan fingerprint density at radius 3 is 2.88 bits per heavy atom. The zero-order valence-electron chi connectivity index (χ0n) is 9.19. The van der Waals surface area contributed by atoms with Crippen LogP contribution in [0.15, 0.2) is 10.9 Å². The molecule has 2 N–H and O–H groups in total. The van der Waals surface area contributed by atoms with Gasteiger partial charge in [0.05, 0.1) is 12.7 Å². The second kappa shape index (κ2) is 5.41. The lowest BCUT2D eigenvalue weighted by Gasteiger charge is -2.06. The zero-order chi connectivity index (χ0) is 12.1. The Hall–Kier alpha value is -1.69. The van der Waals surface area contributed by atoms with Gasteiger partial charge >= 0.3 is 5.97 Å². The van der Waals surface area contributed by atoms with E-state index < -0.39 is 11.5 Å². The van der Waals surface area contributed by atoms with Gasteiger partial charge in [0.25, 0.3) is 5.56 Å². The van der Waals surface area contributed by atoms with E-state index in [-0.39, 0.29) is 11.8 Å². The predicted octanol–water partition coefficient (Wildman–Crippen LogP) is 0.436. The van der Waals surface area contributed by atoms with Gasteiger partial charge in [-0.3, -0.25) is 4.79 Å². The van der Waals surface area contributed by atoms with Crippen molar-refractivity contribution < 1.29 is 14.6 Å². The van der Waals surface area contributed by atoms with Gasteiger partial charge in [-0.15, -0.1) is 0 Å². The summed E-state index contributed by atoms with van der Waals surface area (Å²) in [6.07, 6.45) is 0.475. The van der Waals surface area contributed by atoms with E-state index in [1.807, 2.05) is 13.8 Å². The maximum absolute atomic E-state index is 11.1. The molecule has 0 radical (unpaired) electrons. The van der Waals surface area contributed by atoms with Crippen LogP contribution in [0.2, 0.25) is 0 Å². The van der Waals surface area contributed by atoms with Crippen molar-refractivity contribution in [2.75, 3.05) is 6.61 Å². The highest BCUT2D eigenvalue weighted by molar-refractivity contribution is 5.85. The number of carbonyl (C=O) groups is 1. The summed E-state index contributed by atoms with van der Waals surface area (Å²) in [6.45, 7) is 4.18. The van der Waals surface area contributed by atoms with Gasteiger partial charge in [-0.2, -0.15) is 0 Å². The third-order valence-corrected chi connectivity index (χ3v) is 1.80. The molecule has 0 aliphatic heterocycles. The first-order valence-electron chi connectivity index (χ1n) is 4.94. The second-order valence-corrected chi connectivity index (χ2v) is 3.55. The van der Waals surface area contributed by atoms with Crippen molar-refractivity contribution in [3.05, 3.63) is 27.9 Å². The van der Waals surface area contributed by atoms with E-state index in [9.17, 15) is 9.59 Å². The molecule has 0 saturated heterocycles. The number of rotatable bonds is 5. The highest BCUT2D eigenvalue weighted by Gasteiger charge is 2.08. The fourth-order valence-electron chi connectivity index (χ4n) is 1.13. The van der Waals surface area contributed by atoms with Gasteiger partial charge in [-0.1, -0.05) is 0 Å². The number of H-pyrrole nitrogens is 1. The van der Waals surface area contributed by atoms with Crippen LogP contribution in [0.25, 0.3) is 0 Å². The maximum Gasteiger partial charge on any atom is 0.354 e. The molecule has 0 spiro atoms. The molecule has 16 heavy (non-hydrogen) atoms. The molecule has 1 aromatic rings. The highest BCUT2D eigenvalue weighted by atomic mass is 16.5. The lowest BCUT2D eigenvalue weighted by Crippen LogP contribution is -2.17. The number of carboxylic acids is 1. The van der Waals surface area contributed by atoms with Crippen molar-refractivity contribution in [2.45, 2.75) is 26.4 Å². The third kappa shape index (κ3) is 3.82. The fourth-order valence-corrected chi connectivity index (χ4v) is 1.13. The first kappa shape index (κ1) is 12.4. The molecule has 0 bridgehead atoms. The summed E-state index contributed by atoms with van der Waals surface area (Å²) >= 11 is 0.